The third-order valence-corrected chi connectivity index (χ3v) is 2.83. The first-order valence-electron chi connectivity index (χ1n) is 5.57. The van der Waals surface area contributed by atoms with Crippen molar-refractivity contribution in [1.29, 1.82) is 0 Å². The van der Waals surface area contributed by atoms with Gasteiger partial charge in [-0.05, 0) is 31.0 Å². The fraction of sp³-hybridized carbons (Fsp3) is 0.231. The monoisotopic (exact) mass is 304 g/mol. The van der Waals surface area contributed by atoms with Gasteiger partial charge in [0, 0.05) is 11.6 Å². The first-order valence-corrected chi connectivity index (χ1v) is 5.95. The van der Waals surface area contributed by atoms with Crippen LogP contribution in [0.2, 0.25) is 5.15 Å². The molecule has 20 heavy (non-hydrogen) atoms. The molecule has 7 heteroatoms. The molecule has 0 aliphatic rings. The standard InChI is InChI=1S/C13H9ClF4N2/c1-6-3-7(2)11(8(15)4-6)9-5-10(14)20-12(19-9)13(16,17)18/h3-5H,1-2H3. The molecular weight excluding hydrogens is 296 g/mol. The molecule has 0 saturated heterocycles. The van der Waals surface area contributed by atoms with E-state index in [0.29, 0.717) is 11.1 Å². The predicted molar refractivity (Wildman–Crippen MR) is 66.9 cm³/mol. The third-order valence-electron chi connectivity index (χ3n) is 2.64. The topological polar surface area (TPSA) is 25.8 Å². The van der Waals surface area contributed by atoms with Crippen molar-refractivity contribution in [2.45, 2.75) is 20.0 Å². The number of aryl methyl sites for hydroxylation is 2. The molecule has 1 aromatic heterocycles. The lowest BCUT2D eigenvalue weighted by Gasteiger charge is -2.11. The predicted octanol–water partition coefficient (Wildman–Crippen LogP) is 4.57. The van der Waals surface area contributed by atoms with Gasteiger partial charge in [-0.1, -0.05) is 17.7 Å². The van der Waals surface area contributed by atoms with Crippen LogP contribution >= 0.6 is 11.6 Å². The van der Waals surface area contributed by atoms with Crippen LogP contribution in [0.4, 0.5) is 17.6 Å². The highest BCUT2D eigenvalue weighted by atomic mass is 35.5. The molecule has 0 radical (unpaired) electrons. The summed E-state index contributed by atoms with van der Waals surface area (Å²) in [6, 6.07) is 3.99. The van der Waals surface area contributed by atoms with Gasteiger partial charge in [-0.2, -0.15) is 13.2 Å². The molecule has 0 spiro atoms. The maximum absolute atomic E-state index is 14.0. The number of aromatic nitrogens is 2. The number of nitrogens with zero attached hydrogens (tertiary/aromatic N) is 2. The molecule has 1 heterocycles. The molecule has 0 bridgehead atoms. The number of hydrogen-bond donors (Lipinski definition) is 0. The summed E-state index contributed by atoms with van der Waals surface area (Å²) in [6.07, 6.45) is -4.74. The van der Waals surface area contributed by atoms with Gasteiger partial charge in [0.05, 0.1) is 5.69 Å². The Kier molecular flexibility index (Phi) is 3.69. The van der Waals surface area contributed by atoms with Gasteiger partial charge in [-0.25, -0.2) is 14.4 Å². The minimum absolute atomic E-state index is 0.00889. The van der Waals surface area contributed by atoms with E-state index in [1.165, 1.54) is 6.07 Å². The highest BCUT2D eigenvalue weighted by Gasteiger charge is 2.35. The van der Waals surface area contributed by atoms with Gasteiger partial charge in [-0.15, -0.1) is 0 Å². The fourth-order valence-corrected chi connectivity index (χ4v) is 2.10. The second-order valence-corrected chi connectivity index (χ2v) is 4.72. The molecule has 0 unspecified atom stereocenters. The Morgan fingerprint density at radius 1 is 1.05 bits per heavy atom. The largest absolute Gasteiger partial charge is 0.451 e. The van der Waals surface area contributed by atoms with Crippen molar-refractivity contribution in [2.24, 2.45) is 0 Å². The first kappa shape index (κ1) is 14.7. The van der Waals surface area contributed by atoms with Crippen LogP contribution in [0.5, 0.6) is 0 Å². The van der Waals surface area contributed by atoms with E-state index in [1.807, 2.05) is 0 Å². The van der Waals surface area contributed by atoms with Gasteiger partial charge >= 0.3 is 6.18 Å². The Bertz CT molecular complexity index is 645. The van der Waals surface area contributed by atoms with Gasteiger partial charge < -0.3 is 0 Å². The molecule has 0 saturated carbocycles. The molecule has 1 aromatic carbocycles. The number of halogens is 5. The first-order chi connectivity index (χ1) is 9.18. The molecule has 0 N–H and O–H groups in total. The average Bonchev–Trinajstić information content (AvgIpc) is 2.25. The van der Waals surface area contributed by atoms with Crippen molar-refractivity contribution in [3.05, 3.63) is 46.1 Å². The van der Waals surface area contributed by atoms with E-state index < -0.39 is 17.8 Å². The van der Waals surface area contributed by atoms with E-state index in [-0.39, 0.29) is 16.4 Å². The second-order valence-electron chi connectivity index (χ2n) is 4.34. The van der Waals surface area contributed by atoms with Crippen LogP contribution in [0, 0.1) is 19.7 Å². The number of benzene rings is 1. The third kappa shape index (κ3) is 2.90. The SMILES string of the molecule is Cc1cc(C)c(-c2cc(Cl)nc(C(F)(F)F)n2)c(F)c1. The van der Waals surface area contributed by atoms with Crippen LogP contribution in [0.25, 0.3) is 11.3 Å². The normalized spacial score (nSPS) is 11.8. The molecule has 2 aromatic rings. The highest BCUT2D eigenvalue weighted by molar-refractivity contribution is 6.29. The van der Waals surface area contributed by atoms with E-state index in [2.05, 4.69) is 9.97 Å². The summed E-state index contributed by atoms with van der Waals surface area (Å²) >= 11 is 5.57. The molecule has 106 valence electrons. The zero-order valence-electron chi connectivity index (χ0n) is 10.5. The van der Waals surface area contributed by atoms with Crippen molar-refractivity contribution in [3.63, 3.8) is 0 Å². The average molecular weight is 305 g/mol. The molecular formula is C13H9ClF4N2. The fourth-order valence-electron chi connectivity index (χ4n) is 1.91. The smallest absolute Gasteiger partial charge is 0.224 e. The number of alkyl halides is 3. The van der Waals surface area contributed by atoms with Crippen LogP contribution in [-0.4, -0.2) is 9.97 Å². The van der Waals surface area contributed by atoms with Crippen molar-refractivity contribution in [2.75, 3.05) is 0 Å². The summed E-state index contributed by atoms with van der Waals surface area (Å²) in [7, 11) is 0. The van der Waals surface area contributed by atoms with E-state index >= 15 is 0 Å². The molecule has 0 aliphatic heterocycles. The van der Waals surface area contributed by atoms with Gasteiger partial charge in [-0.3, -0.25) is 0 Å². The highest BCUT2D eigenvalue weighted by Crippen LogP contribution is 2.32. The zero-order valence-corrected chi connectivity index (χ0v) is 11.3. The summed E-state index contributed by atoms with van der Waals surface area (Å²) < 4.78 is 51.9. The van der Waals surface area contributed by atoms with Crippen LogP contribution in [0.1, 0.15) is 17.0 Å². The summed E-state index contributed by atoms with van der Waals surface area (Å²) in [4.78, 5) is 6.48. The van der Waals surface area contributed by atoms with Crippen molar-refractivity contribution >= 4 is 11.6 Å². The summed E-state index contributed by atoms with van der Waals surface area (Å²) in [5.41, 5.74) is 0.947. The molecule has 2 nitrogen and oxygen atoms in total. The van der Waals surface area contributed by atoms with E-state index in [9.17, 15) is 17.6 Å². The summed E-state index contributed by atoms with van der Waals surface area (Å²) in [6.45, 7) is 3.28. The van der Waals surface area contributed by atoms with Crippen LogP contribution in [-0.2, 0) is 6.18 Å². The summed E-state index contributed by atoms with van der Waals surface area (Å²) in [5, 5.41) is -0.387. The van der Waals surface area contributed by atoms with Crippen LogP contribution in [0.15, 0.2) is 18.2 Å². The number of rotatable bonds is 1. The van der Waals surface area contributed by atoms with Crippen LogP contribution in [0.3, 0.4) is 0 Å². The Labute approximate surface area is 117 Å². The van der Waals surface area contributed by atoms with Crippen molar-refractivity contribution in [1.82, 2.24) is 9.97 Å². The van der Waals surface area contributed by atoms with Crippen LogP contribution < -0.4 is 0 Å². The van der Waals surface area contributed by atoms with Crippen molar-refractivity contribution in [3.8, 4) is 11.3 Å². The van der Waals surface area contributed by atoms with E-state index in [0.717, 1.165) is 6.07 Å². The zero-order chi connectivity index (χ0) is 15.1. The van der Waals surface area contributed by atoms with Gasteiger partial charge in [0.1, 0.15) is 11.0 Å². The molecule has 0 atom stereocenters. The van der Waals surface area contributed by atoms with Gasteiger partial charge in [0.2, 0.25) is 5.82 Å². The van der Waals surface area contributed by atoms with E-state index in [4.69, 9.17) is 11.6 Å². The summed E-state index contributed by atoms with van der Waals surface area (Å²) in [5.74, 6) is -2.04. The lowest BCUT2D eigenvalue weighted by molar-refractivity contribution is -0.144. The Morgan fingerprint density at radius 2 is 1.70 bits per heavy atom. The Hall–Kier alpha value is -1.69. The minimum atomic E-state index is -4.74. The quantitative estimate of drug-likeness (QED) is 0.569. The second kappa shape index (κ2) is 5.01. The Balaban J connectivity index is 2.68. The maximum Gasteiger partial charge on any atom is 0.451 e. The minimum Gasteiger partial charge on any atom is -0.224 e. The van der Waals surface area contributed by atoms with Gasteiger partial charge in [0.25, 0.3) is 0 Å². The van der Waals surface area contributed by atoms with E-state index in [1.54, 1.807) is 19.9 Å². The lowest BCUT2D eigenvalue weighted by atomic mass is 10.0. The molecule has 0 amide bonds. The Morgan fingerprint density at radius 3 is 2.25 bits per heavy atom. The molecule has 0 aliphatic carbocycles. The molecule has 0 fully saturated rings. The van der Waals surface area contributed by atoms with Crippen molar-refractivity contribution < 1.29 is 17.6 Å². The maximum atomic E-state index is 14.0. The molecule has 2 rings (SSSR count). The number of hydrogen-bond acceptors (Lipinski definition) is 2. The van der Waals surface area contributed by atoms with Gasteiger partial charge in [0.15, 0.2) is 0 Å². The lowest BCUT2D eigenvalue weighted by Crippen LogP contribution is -2.12.